The van der Waals surface area contributed by atoms with Gasteiger partial charge in [-0.3, -0.25) is 24.1 Å². The first kappa shape index (κ1) is 44.4. The van der Waals surface area contributed by atoms with Crippen LogP contribution in [-0.2, 0) is 25.5 Å². The Bertz CT molecular complexity index is 1560. The number of nitrogens with zero attached hydrogens (tertiary/aromatic N) is 3. The molecule has 2 heterocycles. The fourth-order valence-corrected chi connectivity index (χ4v) is 7.49. The van der Waals surface area contributed by atoms with Crippen LogP contribution in [0.5, 0.6) is 0 Å². The number of carboxylic acid groups (broad SMARTS) is 1. The smallest absolute Gasteiger partial charge is 0.410 e. The zero-order valence-electron chi connectivity index (χ0n) is 33.3. The summed E-state index contributed by atoms with van der Waals surface area (Å²) in [5, 5.41) is 28.7. The van der Waals surface area contributed by atoms with Gasteiger partial charge in [-0.05, 0) is 70.3 Å². The Labute approximate surface area is 324 Å². The zero-order valence-corrected chi connectivity index (χ0v) is 34.2. The van der Waals surface area contributed by atoms with E-state index in [4.69, 9.17) is 4.74 Å². The summed E-state index contributed by atoms with van der Waals surface area (Å²) >= 11 is 1.14. The molecule has 13 nitrogen and oxygen atoms in total. The van der Waals surface area contributed by atoms with Crippen molar-refractivity contribution < 1.29 is 38.9 Å². The number of carboxylic acids is 1. The summed E-state index contributed by atoms with van der Waals surface area (Å²) in [5.74, 6) is -3.09. The molecule has 1 fully saturated rings. The maximum atomic E-state index is 14.2. The van der Waals surface area contributed by atoms with Crippen LogP contribution in [0, 0.1) is 17.8 Å². The van der Waals surface area contributed by atoms with Gasteiger partial charge in [0.05, 0.1) is 5.92 Å². The molecule has 4 amide bonds. The van der Waals surface area contributed by atoms with Crippen molar-refractivity contribution in [2.75, 3.05) is 13.6 Å². The normalized spacial score (nSPS) is 18.1. The van der Waals surface area contributed by atoms with Crippen LogP contribution in [0.15, 0.2) is 35.7 Å². The fraction of sp³-hybridized carbons (Fsp3) is 0.650. The van der Waals surface area contributed by atoms with Crippen molar-refractivity contribution in [3.8, 4) is 0 Å². The molecule has 4 N–H and O–H groups in total. The number of aliphatic hydroxyl groups is 1. The van der Waals surface area contributed by atoms with E-state index in [1.54, 1.807) is 45.0 Å². The Kier molecular flexibility index (Phi) is 16.5. The third-order valence-corrected chi connectivity index (χ3v) is 11.0. The van der Waals surface area contributed by atoms with Crippen molar-refractivity contribution >= 4 is 41.1 Å². The number of benzene rings is 1. The SMILES string of the molecule is CCC(C)C(NC(=O)[C@H]1CCCCN1C(=O)OC(C)(C)C)C(=O)N(C)C(CC(O)c1nc(C(=O)NC(Cc2ccccc2)CC(C)C(=O)O)cs1)C(C)C. The highest BCUT2D eigenvalue weighted by Gasteiger charge is 2.39. The highest BCUT2D eigenvalue weighted by molar-refractivity contribution is 7.09. The van der Waals surface area contributed by atoms with Gasteiger partial charge in [0.15, 0.2) is 0 Å². The summed E-state index contributed by atoms with van der Waals surface area (Å²) in [5.41, 5.74) is 0.355. The lowest BCUT2D eigenvalue weighted by molar-refractivity contribution is -0.141. The van der Waals surface area contributed by atoms with Crippen LogP contribution < -0.4 is 10.6 Å². The summed E-state index contributed by atoms with van der Waals surface area (Å²) < 4.78 is 5.58. The molecule has 54 heavy (non-hydrogen) atoms. The zero-order chi connectivity index (χ0) is 40.3. The molecule has 7 atom stereocenters. The van der Waals surface area contributed by atoms with Gasteiger partial charge in [-0.2, -0.15) is 0 Å². The van der Waals surface area contributed by atoms with Gasteiger partial charge in [0.2, 0.25) is 11.8 Å². The first-order valence-corrected chi connectivity index (χ1v) is 20.0. The van der Waals surface area contributed by atoms with Gasteiger partial charge in [0.1, 0.15) is 34.5 Å². The molecule has 0 aliphatic carbocycles. The van der Waals surface area contributed by atoms with Gasteiger partial charge in [0.25, 0.3) is 5.91 Å². The number of thiazole rings is 1. The third-order valence-electron chi connectivity index (χ3n) is 10.0. The number of hydrogen-bond donors (Lipinski definition) is 4. The molecule has 6 unspecified atom stereocenters. The summed E-state index contributed by atoms with van der Waals surface area (Å²) in [6.45, 7) is 15.1. The van der Waals surface area contributed by atoms with E-state index in [0.29, 0.717) is 30.8 Å². The predicted octanol–water partition coefficient (Wildman–Crippen LogP) is 5.82. The van der Waals surface area contributed by atoms with Crippen LogP contribution in [-0.4, -0.2) is 98.1 Å². The van der Waals surface area contributed by atoms with Crippen molar-refractivity contribution in [2.45, 2.75) is 136 Å². The van der Waals surface area contributed by atoms with E-state index >= 15 is 0 Å². The largest absolute Gasteiger partial charge is 0.481 e. The van der Waals surface area contributed by atoms with E-state index in [1.807, 2.05) is 58.0 Å². The highest BCUT2D eigenvalue weighted by atomic mass is 32.1. The Balaban J connectivity index is 1.73. The van der Waals surface area contributed by atoms with E-state index in [0.717, 1.165) is 29.7 Å². The number of likely N-dealkylation sites (tertiary alicyclic amines) is 1. The number of carbonyl (C=O) groups is 5. The molecular weight excluding hydrogens is 711 g/mol. The molecule has 1 aromatic heterocycles. The molecule has 1 saturated heterocycles. The molecule has 300 valence electrons. The maximum Gasteiger partial charge on any atom is 0.410 e. The number of aliphatic carboxylic acids is 1. The van der Waals surface area contributed by atoms with Crippen LogP contribution in [0.4, 0.5) is 4.79 Å². The molecule has 1 aliphatic heterocycles. The lowest BCUT2D eigenvalue weighted by Crippen LogP contribution is -2.59. The highest BCUT2D eigenvalue weighted by Crippen LogP contribution is 2.29. The minimum atomic E-state index is -1.09. The summed E-state index contributed by atoms with van der Waals surface area (Å²) in [6.07, 6.45) is 1.77. The second-order valence-electron chi connectivity index (χ2n) is 16.0. The number of rotatable bonds is 17. The summed E-state index contributed by atoms with van der Waals surface area (Å²) in [6, 6.07) is 6.98. The van der Waals surface area contributed by atoms with Gasteiger partial charge in [0, 0.05) is 37.5 Å². The van der Waals surface area contributed by atoms with Gasteiger partial charge in [-0.1, -0.05) is 71.4 Å². The quantitative estimate of drug-likeness (QED) is 0.154. The van der Waals surface area contributed by atoms with E-state index in [1.165, 1.54) is 4.90 Å². The third kappa shape index (κ3) is 12.8. The minimum absolute atomic E-state index is 0.0828. The fourth-order valence-electron chi connectivity index (χ4n) is 6.69. The van der Waals surface area contributed by atoms with Crippen LogP contribution in [0.3, 0.4) is 0 Å². The number of amides is 4. The molecule has 3 rings (SSSR count). The Morgan fingerprint density at radius 3 is 2.30 bits per heavy atom. The standard InChI is InChI=1S/C40H61N5O8S/c1-10-25(4)33(43-35(48)30-18-14-15-19-45(30)39(52)53-40(6,7)8)37(49)44(9)31(24(2)3)22-32(46)36-42-29(23-54-36)34(47)41-28(20-26(5)38(50)51)21-27-16-12-11-13-17-27/h11-13,16-17,23-26,28,30-33,46H,10,14-15,18-22H2,1-9H3,(H,41,47)(H,43,48)(H,50,51)/t25?,26?,28?,30-,31?,32?,33?/m1/s1. The number of ether oxygens (including phenoxy) is 1. The molecule has 0 bridgehead atoms. The van der Waals surface area contributed by atoms with E-state index in [2.05, 4.69) is 15.6 Å². The van der Waals surface area contributed by atoms with Crippen molar-refractivity contribution in [3.05, 3.63) is 52.0 Å². The summed E-state index contributed by atoms with van der Waals surface area (Å²) in [7, 11) is 1.67. The lowest BCUT2D eigenvalue weighted by Gasteiger charge is -2.39. The van der Waals surface area contributed by atoms with Crippen molar-refractivity contribution in [1.29, 1.82) is 0 Å². The average molecular weight is 772 g/mol. The first-order valence-electron chi connectivity index (χ1n) is 19.1. The van der Waals surface area contributed by atoms with Gasteiger partial charge in [-0.25, -0.2) is 9.78 Å². The van der Waals surface area contributed by atoms with Crippen LogP contribution >= 0.6 is 11.3 Å². The number of aliphatic hydroxyl groups excluding tert-OH is 1. The van der Waals surface area contributed by atoms with E-state index in [9.17, 15) is 34.2 Å². The number of carbonyl (C=O) groups excluding carboxylic acids is 4. The van der Waals surface area contributed by atoms with Crippen molar-refractivity contribution in [3.63, 3.8) is 0 Å². The first-order chi connectivity index (χ1) is 25.3. The molecule has 0 radical (unpaired) electrons. The number of hydrogen-bond acceptors (Lipinski definition) is 9. The molecule has 1 aromatic carbocycles. The van der Waals surface area contributed by atoms with Gasteiger partial charge >= 0.3 is 12.1 Å². The average Bonchev–Trinajstić information content (AvgIpc) is 3.62. The second kappa shape index (κ2) is 20.0. The number of nitrogens with one attached hydrogen (secondary N) is 2. The van der Waals surface area contributed by atoms with Crippen molar-refractivity contribution in [2.24, 2.45) is 17.8 Å². The Morgan fingerprint density at radius 1 is 1.04 bits per heavy atom. The van der Waals surface area contributed by atoms with Crippen LogP contribution in [0.25, 0.3) is 0 Å². The monoisotopic (exact) mass is 771 g/mol. The van der Waals surface area contributed by atoms with Crippen LogP contribution in [0.2, 0.25) is 0 Å². The van der Waals surface area contributed by atoms with E-state index < -0.39 is 65.7 Å². The molecule has 0 spiro atoms. The van der Waals surface area contributed by atoms with Crippen LogP contribution in [0.1, 0.15) is 121 Å². The number of aromatic nitrogens is 1. The van der Waals surface area contributed by atoms with Gasteiger partial charge < -0.3 is 30.5 Å². The van der Waals surface area contributed by atoms with Gasteiger partial charge in [-0.15, -0.1) is 11.3 Å². The second-order valence-corrected chi connectivity index (χ2v) is 16.9. The molecular formula is C40H61N5O8S. The van der Waals surface area contributed by atoms with Crippen molar-refractivity contribution in [1.82, 2.24) is 25.4 Å². The molecule has 0 saturated carbocycles. The minimum Gasteiger partial charge on any atom is -0.481 e. The number of piperidine rings is 1. The Hall–Kier alpha value is -4.04. The predicted molar refractivity (Wildman–Crippen MR) is 208 cm³/mol. The van der Waals surface area contributed by atoms with E-state index in [-0.39, 0.29) is 36.3 Å². The maximum absolute atomic E-state index is 14.2. The molecule has 2 aromatic rings. The molecule has 14 heteroatoms. The topological polar surface area (TPSA) is 178 Å². The number of likely N-dealkylation sites (N-methyl/N-ethyl adjacent to an activating group) is 1. The lowest BCUT2D eigenvalue weighted by atomic mass is 9.92. The Morgan fingerprint density at radius 2 is 1.70 bits per heavy atom. The summed E-state index contributed by atoms with van der Waals surface area (Å²) in [4.78, 5) is 73.4. The molecule has 1 aliphatic rings.